The smallest absolute Gasteiger partial charge is 0.330 e. The lowest BCUT2D eigenvalue weighted by molar-refractivity contribution is -0.186. The molecule has 2 bridgehead atoms. The highest BCUT2D eigenvalue weighted by molar-refractivity contribution is 6.05. The minimum atomic E-state index is -1.13. The van der Waals surface area contributed by atoms with Crippen LogP contribution in [0.2, 0.25) is 0 Å². The van der Waals surface area contributed by atoms with E-state index in [1.807, 2.05) is 30.9 Å². The van der Waals surface area contributed by atoms with E-state index in [2.05, 4.69) is 10.6 Å². The van der Waals surface area contributed by atoms with Crippen LogP contribution in [0.25, 0.3) is 0 Å². The number of likely N-dealkylation sites (N-methyl/N-ethyl adjacent to an activating group) is 2. The van der Waals surface area contributed by atoms with Crippen LogP contribution in [0.1, 0.15) is 0 Å². The molecule has 3 N–H and O–H groups in total. The molecule has 2 aliphatic heterocycles. The van der Waals surface area contributed by atoms with Crippen LogP contribution in [0.5, 0.6) is 11.5 Å². The molecule has 0 saturated carbocycles. The summed E-state index contributed by atoms with van der Waals surface area (Å²) in [6, 6.07) is 10.4. The molecule has 12 heteroatoms. The number of imide groups is 1. The fourth-order valence-corrected chi connectivity index (χ4v) is 4.76. The van der Waals surface area contributed by atoms with Crippen molar-refractivity contribution in [2.45, 2.75) is 30.6 Å². The summed E-state index contributed by atoms with van der Waals surface area (Å²) in [6.45, 7) is 1.48. The Morgan fingerprint density at radius 2 is 1.38 bits per heavy atom. The lowest BCUT2D eigenvalue weighted by Crippen LogP contribution is -2.67. The number of nitrogens with one attached hydrogen (secondary N) is 2. The highest BCUT2D eigenvalue weighted by Crippen LogP contribution is 2.34. The Bertz CT molecular complexity index is 1050. The number of aliphatic hydroxyl groups is 1. The van der Waals surface area contributed by atoms with Crippen molar-refractivity contribution in [2.24, 2.45) is 0 Å². The summed E-state index contributed by atoms with van der Waals surface area (Å²) in [5.41, 5.74) is 0.906. The number of aliphatic hydroxyl groups excluding tert-OH is 1. The van der Waals surface area contributed by atoms with E-state index < -0.39 is 42.6 Å². The second-order valence-corrected chi connectivity index (χ2v) is 9.82. The zero-order chi connectivity index (χ0) is 28.1. The van der Waals surface area contributed by atoms with Crippen LogP contribution < -0.4 is 20.1 Å². The molecule has 0 radical (unpaired) electrons. The number of nitrogens with zero attached hydrogens (tertiary/aromatic N) is 3. The van der Waals surface area contributed by atoms with Gasteiger partial charge in [0.25, 0.3) is 0 Å². The first-order valence-corrected chi connectivity index (χ1v) is 12.7. The molecule has 39 heavy (non-hydrogen) atoms. The highest BCUT2D eigenvalue weighted by Gasteiger charge is 2.55. The number of methoxy groups -OCH3 is 2. The summed E-state index contributed by atoms with van der Waals surface area (Å²) in [7, 11) is 8.87. The molecule has 12 nitrogen and oxygen atoms in total. The van der Waals surface area contributed by atoms with Crippen molar-refractivity contribution in [3.8, 4) is 11.5 Å². The number of ether oxygens (including phenoxy) is 4. The molecule has 2 aliphatic rings. The van der Waals surface area contributed by atoms with Gasteiger partial charge < -0.3 is 39.6 Å². The molecule has 2 aromatic carbocycles. The van der Waals surface area contributed by atoms with Crippen LogP contribution in [-0.2, 0) is 9.47 Å². The van der Waals surface area contributed by atoms with Crippen molar-refractivity contribution in [2.75, 3.05) is 65.7 Å². The normalized spacial score (nSPS) is 23.9. The van der Waals surface area contributed by atoms with Crippen LogP contribution in [0.4, 0.5) is 21.0 Å². The highest BCUT2D eigenvalue weighted by atomic mass is 16.7. The molecular formula is C27H37N5O7. The van der Waals surface area contributed by atoms with Crippen molar-refractivity contribution in [1.82, 2.24) is 14.7 Å². The average Bonchev–Trinajstić information content (AvgIpc) is 3.35. The van der Waals surface area contributed by atoms with Crippen molar-refractivity contribution in [3.05, 3.63) is 48.5 Å². The summed E-state index contributed by atoms with van der Waals surface area (Å²) in [4.78, 5) is 32.3. The zero-order valence-electron chi connectivity index (χ0n) is 22.9. The molecule has 2 fully saturated rings. The topological polar surface area (TPSA) is 125 Å². The van der Waals surface area contributed by atoms with Crippen molar-refractivity contribution < 1.29 is 33.6 Å². The third kappa shape index (κ3) is 6.60. The molecule has 0 aromatic heterocycles. The number of carbonyl (C=O) groups is 2. The van der Waals surface area contributed by atoms with Gasteiger partial charge >= 0.3 is 12.1 Å². The van der Waals surface area contributed by atoms with Gasteiger partial charge in [-0.25, -0.2) is 14.5 Å². The van der Waals surface area contributed by atoms with Gasteiger partial charge in [0.05, 0.1) is 39.0 Å². The number of amides is 4. The third-order valence-corrected chi connectivity index (χ3v) is 6.92. The standard InChI is InChI=1S/C27H37N5O7/c1-30(2)14-15-31(3)23-24(33)22(21-16-38-25(23)39-21)32(26(34)28-17-6-10-19(36-4)11-7-17)27(35)29-18-8-12-20(37-5)13-9-18/h6-13,21-25,33H,14-16H2,1-5H3,(H,28,34)(H,29,35)/t21-,22-,23-,24+,25-/m1/s1. The lowest BCUT2D eigenvalue weighted by atomic mass is 9.94. The molecular weight excluding hydrogens is 506 g/mol. The van der Waals surface area contributed by atoms with E-state index in [0.29, 0.717) is 29.4 Å². The van der Waals surface area contributed by atoms with E-state index in [9.17, 15) is 14.7 Å². The minimum absolute atomic E-state index is 0.131. The Morgan fingerprint density at radius 1 is 0.872 bits per heavy atom. The average molecular weight is 544 g/mol. The number of carbonyl (C=O) groups excluding carboxylic acids is 2. The number of urea groups is 2. The predicted octanol–water partition coefficient (Wildman–Crippen LogP) is 2.12. The first-order valence-electron chi connectivity index (χ1n) is 12.7. The van der Waals surface area contributed by atoms with Crippen LogP contribution >= 0.6 is 0 Å². The number of fused-ring (bicyclic) bond motifs is 2. The van der Waals surface area contributed by atoms with Gasteiger partial charge in [0.1, 0.15) is 17.6 Å². The number of rotatable bonds is 9. The number of hydrogen-bond donors (Lipinski definition) is 3. The van der Waals surface area contributed by atoms with Gasteiger partial charge in [-0.15, -0.1) is 0 Å². The Kier molecular flexibility index (Phi) is 9.25. The van der Waals surface area contributed by atoms with Crippen LogP contribution in [-0.4, -0.2) is 118 Å². The van der Waals surface area contributed by atoms with E-state index in [1.54, 1.807) is 62.8 Å². The molecule has 4 amide bonds. The molecule has 2 aromatic rings. The van der Waals surface area contributed by atoms with Gasteiger partial charge in [-0.1, -0.05) is 0 Å². The lowest BCUT2D eigenvalue weighted by Gasteiger charge is -2.45. The van der Waals surface area contributed by atoms with E-state index in [4.69, 9.17) is 18.9 Å². The maximum atomic E-state index is 13.7. The number of hydrogen-bond acceptors (Lipinski definition) is 9. The summed E-state index contributed by atoms with van der Waals surface area (Å²) >= 11 is 0. The Morgan fingerprint density at radius 3 is 1.85 bits per heavy atom. The molecule has 2 saturated heterocycles. The largest absolute Gasteiger partial charge is 0.497 e. The maximum Gasteiger partial charge on any atom is 0.330 e. The number of benzene rings is 2. The predicted molar refractivity (Wildman–Crippen MR) is 145 cm³/mol. The summed E-state index contributed by atoms with van der Waals surface area (Å²) < 4.78 is 22.3. The summed E-state index contributed by atoms with van der Waals surface area (Å²) in [6.07, 6.45) is -2.51. The first kappa shape index (κ1) is 28.6. The molecule has 2 heterocycles. The Labute approximate surface area is 228 Å². The summed E-state index contributed by atoms with van der Waals surface area (Å²) in [5.74, 6) is 1.24. The number of anilines is 2. The van der Waals surface area contributed by atoms with Gasteiger partial charge in [0.2, 0.25) is 0 Å². The van der Waals surface area contributed by atoms with Crippen molar-refractivity contribution in [1.29, 1.82) is 0 Å². The minimum Gasteiger partial charge on any atom is -0.497 e. The molecule has 0 aliphatic carbocycles. The van der Waals surface area contributed by atoms with Crippen LogP contribution in [0.3, 0.4) is 0 Å². The van der Waals surface area contributed by atoms with Crippen LogP contribution in [0, 0.1) is 0 Å². The van der Waals surface area contributed by atoms with E-state index >= 15 is 0 Å². The quantitative estimate of drug-likeness (QED) is 0.436. The van der Waals surface area contributed by atoms with Crippen molar-refractivity contribution in [3.63, 3.8) is 0 Å². The van der Waals surface area contributed by atoms with E-state index in [-0.39, 0.29) is 6.61 Å². The third-order valence-electron chi connectivity index (χ3n) is 6.92. The zero-order valence-corrected chi connectivity index (χ0v) is 22.9. The molecule has 212 valence electrons. The SMILES string of the molecule is COc1ccc(NC(=O)N(C(=O)Nc2ccc(OC)cc2)[C@H]2[C@H](O)[C@@H](N(C)CCN(C)C)[C@@H]3OC[C@H]2O3)cc1. The van der Waals surface area contributed by atoms with Gasteiger partial charge in [0, 0.05) is 24.5 Å². The Hall–Kier alpha value is -3.42. The fraction of sp³-hybridized carbons (Fsp3) is 0.481. The monoisotopic (exact) mass is 543 g/mol. The second kappa shape index (κ2) is 12.6. The van der Waals surface area contributed by atoms with Gasteiger partial charge in [0.15, 0.2) is 6.29 Å². The molecule has 4 rings (SSSR count). The first-order chi connectivity index (χ1) is 18.7. The van der Waals surface area contributed by atoms with Gasteiger partial charge in [-0.3, -0.25) is 4.90 Å². The maximum absolute atomic E-state index is 13.7. The molecule has 0 unspecified atom stereocenters. The van der Waals surface area contributed by atoms with Crippen molar-refractivity contribution >= 4 is 23.4 Å². The van der Waals surface area contributed by atoms with E-state index in [0.717, 1.165) is 11.4 Å². The summed E-state index contributed by atoms with van der Waals surface area (Å²) in [5, 5.41) is 17.2. The van der Waals surface area contributed by atoms with Gasteiger partial charge in [-0.05, 0) is 69.7 Å². The Balaban J connectivity index is 1.62. The fourth-order valence-electron chi connectivity index (χ4n) is 4.76. The molecule has 0 spiro atoms. The van der Waals surface area contributed by atoms with E-state index in [1.165, 1.54) is 0 Å². The van der Waals surface area contributed by atoms with Crippen LogP contribution in [0.15, 0.2) is 48.5 Å². The molecule has 5 atom stereocenters. The van der Waals surface area contributed by atoms with Gasteiger partial charge in [-0.2, -0.15) is 0 Å². The second-order valence-electron chi connectivity index (χ2n) is 9.82.